The van der Waals surface area contributed by atoms with Crippen molar-refractivity contribution in [2.24, 2.45) is 5.92 Å². The van der Waals surface area contributed by atoms with E-state index in [0.717, 1.165) is 5.56 Å². The zero-order valence-corrected chi connectivity index (χ0v) is 8.03. The number of carbonyl (C=O) groups is 1. The quantitative estimate of drug-likeness (QED) is 0.803. The highest BCUT2D eigenvalue weighted by Crippen LogP contribution is 2.12. The fourth-order valence-electron chi connectivity index (χ4n) is 1.39. The first-order valence-electron chi connectivity index (χ1n) is 4.54. The van der Waals surface area contributed by atoms with Crippen LogP contribution in [0.1, 0.15) is 18.9 Å². The van der Waals surface area contributed by atoms with Crippen LogP contribution in [0.3, 0.4) is 0 Å². The molecule has 0 amide bonds. The molecule has 1 atom stereocenters. The minimum atomic E-state index is -0.792. The number of benzene rings is 1. The van der Waals surface area contributed by atoms with E-state index in [4.69, 9.17) is 5.11 Å². The van der Waals surface area contributed by atoms with Crippen LogP contribution in [0.5, 0.6) is 0 Å². The first-order chi connectivity index (χ1) is 6.58. The van der Waals surface area contributed by atoms with Crippen molar-refractivity contribution in [3.63, 3.8) is 0 Å². The van der Waals surface area contributed by atoms with Gasteiger partial charge >= 0.3 is 5.97 Å². The second-order valence-corrected chi connectivity index (χ2v) is 3.53. The molecule has 0 aliphatic rings. The molecule has 2 nitrogen and oxygen atoms in total. The normalized spacial score (nSPS) is 12.4. The molecule has 0 aliphatic carbocycles. The van der Waals surface area contributed by atoms with Gasteiger partial charge in [-0.3, -0.25) is 4.79 Å². The topological polar surface area (TPSA) is 37.3 Å². The zero-order chi connectivity index (χ0) is 10.6. The molecule has 3 heteroatoms. The van der Waals surface area contributed by atoms with Gasteiger partial charge in [-0.2, -0.15) is 0 Å². The van der Waals surface area contributed by atoms with E-state index in [9.17, 15) is 9.18 Å². The average molecular weight is 196 g/mol. The van der Waals surface area contributed by atoms with Crippen LogP contribution in [0.4, 0.5) is 4.39 Å². The highest BCUT2D eigenvalue weighted by atomic mass is 19.1. The lowest BCUT2D eigenvalue weighted by molar-refractivity contribution is -0.137. The molecular formula is C11H13FO2. The van der Waals surface area contributed by atoms with E-state index < -0.39 is 5.97 Å². The molecular weight excluding hydrogens is 183 g/mol. The van der Waals surface area contributed by atoms with Crippen LogP contribution in [-0.2, 0) is 11.2 Å². The summed E-state index contributed by atoms with van der Waals surface area (Å²) in [7, 11) is 0. The Bertz CT molecular complexity index is 306. The fraction of sp³-hybridized carbons (Fsp3) is 0.364. The molecule has 1 rings (SSSR count). The Hall–Kier alpha value is -1.38. The minimum absolute atomic E-state index is 0.0814. The van der Waals surface area contributed by atoms with Gasteiger partial charge in [0.1, 0.15) is 5.82 Å². The van der Waals surface area contributed by atoms with Gasteiger partial charge < -0.3 is 5.11 Å². The number of carboxylic acid groups (broad SMARTS) is 1. The van der Waals surface area contributed by atoms with E-state index in [2.05, 4.69) is 0 Å². The molecule has 0 fully saturated rings. The lowest BCUT2D eigenvalue weighted by Gasteiger charge is -2.07. The van der Waals surface area contributed by atoms with Gasteiger partial charge in [-0.1, -0.05) is 19.1 Å². The molecule has 0 aromatic heterocycles. The van der Waals surface area contributed by atoms with Crippen molar-refractivity contribution in [3.05, 3.63) is 35.6 Å². The van der Waals surface area contributed by atoms with Gasteiger partial charge in [0.15, 0.2) is 0 Å². The molecule has 0 aliphatic heterocycles. The van der Waals surface area contributed by atoms with Crippen molar-refractivity contribution < 1.29 is 14.3 Å². The van der Waals surface area contributed by atoms with E-state index in [0.29, 0.717) is 6.42 Å². The summed E-state index contributed by atoms with van der Waals surface area (Å²) in [6.07, 6.45) is 0.823. The molecule has 14 heavy (non-hydrogen) atoms. The number of hydrogen-bond donors (Lipinski definition) is 1. The molecule has 0 heterocycles. The largest absolute Gasteiger partial charge is 0.481 e. The third-order valence-corrected chi connectivity index (χ3v) is 2.02. The van der Waals surface area contributed by atoms with Crippen molar-refractivity contribution >= 4 is 5.97 Å². The summed E-state index contributed by atoms with van der Waals surface area (Å²) in [6, 6.07) is 6.16. The lowest BCUT2D eigenvalue weighted by atomic mass is 9.98. The average Bonchev–Trinajstić information content (AvgIpc) is 2.07. The van der Waals surface area contributed by atoms with Crippen LogP contribution >= 0.6 is 0 Å². The summed E-state index contributed by atoms with van der Waals surface area (Å²) < 4.78 is 12.5. The molecule has 0 bridgehead atoms. The third kappa shape index (κ3) is 3.56. The van der Waals surface area contributed by atoms with Gasteiger partial charge in [0.2, 0.25) is 0 Å². The molecule has 1 unspecified atom stereocenters. The van der Waals surface area contributed by atoms with Crippen LogP contribution in [0.2, 0.25) is 0 Å². The number of carboxylic acids is 1. The summed E-state index contributed by atoms with van der Waals surface area (Å²) in [6.45, 7) is 1.87. The Kier molecular flexibility index (Phi) is 3.63. The van der Waals surface area contributed by atoms with Crippen LogP contribution in [-0.4, -0.2) is 11.1 Å². The van der Waals surface area contributed by atoms with Gasteiger partial charge in [0.25, 0.3) is 0 Å². The standard InChI is InChI=1S/C11H13FO2/c1-8(7-11(13)14)6-9-2-4-10(12)5-3-9/h2-5,8H,6-7H2,1H3,(H,13,14). The van der Waals surface area contributed by atoms with Crippen molar-refractivity contribution in [2.45, 2.75) is 19.8 Å². The minimum Gasteiger partial charge on any atom is -0.481 e. The molecule has 76 valence electrons. The first kappa shape index (κ1) is 10.7. The third-order valence-electron chi connectivity index (χ3n) is 2.02. The van der Waals surface area contributed by atoms with E-state index in [-0.39, 0.29) is 18.2 Å². The van der Waals surface area contributed by atoms with E-state index in [1.807, 2.05) is 6.92 Å². The SMILES string of the molecule is CC(CC(=O)O)Cc1ccc(F)cc1. The highest BCUT2D eigenvalue weighted by Gasteiger charge is 2.08. The number of rotatable bonds is 4. The van der Waals surface area contributed by atoms with Crippen molar-refractivity contribution in [1.29, 1.82) is 0 Å². The monoisotopic (exact) mass is 196 g/mol. The smallest absolute Gasteiger partial charge is 0.303 e. The Morgan fingerprint density at radius 2 is 2.00 bits per heavy atom. The van der Waals surface area contributed by atoms with Crippen molar-refractivity contribution in [1.82, 2.24) is 0 Å². The van der Waals surface area contributed by atoms with Crippen LogP contribution in [0, 0.1) is 11.7 Å². The molecule has 1 aromatic carbocycles. The van der Waals surface area contributed by atoms with Crippen molar-refractivity contribution in [3.8, 4) is 0 Å². The number of halogens is 1. The van der Waals surface area contributed by atoms with Crippen LogP contribution in [0.25, 0.3) is 0 Å². The zero-order valence-electron chi connectivity index (χ0n) is 8.03. The molecule has 1 N–H and O–H groups in total. The lowest BCUT2D eigenvalue weighted by Crippen LogP contribution is -2.06. The van der Waals surface area contributed by atoms with Gasteiger partial charge in [-0.15, -0.1) is 0 Å². The fourth-order valence-corrected chi connectivity index (χ4v) is 1.39. The Labute approximate surface area is 82.4 Å². The van der Waals surface area contributed by atoms with Gasteiger partial charge in [0.05, 0.1) is 0 Å². The molecule has 0 radical (unpaired) electrons. The summed E-state index contributed by atoms with van der Waals surface area (Å²) in [5, 5.41) is 8.55. The summed E-state index contributed by atoms with van der Waals surface area (Å²) in [5.74, 6) is -0.975. The molecule has 1 aromatic rings. The second-order valence-electron chi connectivity index (χ2n) is 3.53. The Balaban J connectivity index is 2.51. The van der Waals surface area contributed by atoms with Gasteiger partial charge in [0, 0.05) is 6.42 Å². The van der Waals surface area contributed by atoms with Crippen LogP contribution in [0.15, 0.2) is 24.3 Å². The maximum absolute atomic E-state index is 12.5. The molecule has 0 saturated carbocycles. The first-order valence-corrected chi connectivity index (χ1v) is 4.54. The maximum atomic E-state index is 12.5. The van der Waals surface area contributed by atoms with E-state index in [1.165, 1.54) is 12.1 Å². The number of hydrogen-bond acceptors (Lipinski definition) is 1. The van der Waals surface area contributed by atoms with E-state index in [1.54, 1.807) is 12.1 Å². The second kappa shape index (κ2) is 4.74. The molecule has 0 saturated heterocycles. The van der Waals surface area contributed by atoms with Gasteiger partial charge in [-0.25, -0.2) is 4.39 Å². The summed E-state index contributed by atoms with van der Waals surface area (Å²) in [4.78, 5) is 10.4. The van der Waals surface area contributed by atoms with Crippen LogP contribution < -0.4 is 0 Å². The summed E-state index contributed by atoms with van der Waals surface area (Å²) >= 11 is 0. The van der Waals surface area contributed by atoms with Gasteiger partial charge in [-0.05, 0) is 30.0 Å². The Morgan fingerprint density at radius 3 is 2.50 bits per heavy atom. The van der Waals surface area contributed by atoms with Crippen molar-refractivity contribution in [2.75, 3.05) is 0 Å². The predicted octanol–water partition coefficient (Wildman–Crippen LogP) is 2.48. The maximum Gasteiger partial charge on any atom is 0.303 e. The predicted molar refractivity (Wildman–Crippen MR) is 51.5 cm³/mol. The summed E-state index contributed by atoms with van der Waals surface area (Å²) in [5.41, 5.74) is 0.972. The molecule has 0 spiro atoms. The highest BCUT2D eigenvalue weighted by molar-refractivity contribution is 5.67. The van der Waals surface area contributed by atoms with E-state index >= 15 is 0 Å². The number of aliphatic carboxylic acids is 1. The Morgan fingerprint density at radius 1 is 1.43 bits per heavy atom.